The highest BCUT2D eigenvalue weighted by Gasteiger charge is 2.37. The molecule has 12 heteroatoms. The molecule has 0 fully saturated rings. The van der Waals surface area contributed by atoms with Crippen LogP contribution in [-0.2, 0) is 32.5 Å². The van der Waals surface area contributed by atoms with E-state index in [1.165, 1.54) is 16.6 Å². The third-order valence-electron chi connectivity index (χ3n) is 4.92. The molecule has 6 nitrogen and oxygen atoms in total. The highest BCUT2D eigenvalue weighted by Crippen LogP contribution is 2.36. The molecular weight excluding hydrogens is 450 g/mol. The van der Waals surface area contributed by atoms with Crippen molar-refractivity contribution in [3.8, 4) is 0 Å². The zero-order chi connectivity index (χ0) is 23.8. The maximum absolute atomic E-state index is 13.3. The molecule has 0 radical (unpaired) electrons. The molecule has 2 aromatic heterocycles. The van der Waals surface area contributed by atoms with E-state index in [1.54, 1.807) is 6.20 Å². The molecule has 0 bridgehead atoms. The Morgan fingerprint density at radius 2 is 1.48 bits per heavy atom. The second-order valence-corrected chi connectivity index (χ2v) is 7.41. The van der Waals surface area contributed by atoms with Gasteiger partial charge in [0.25, 0.3) is 0 Å². The Morgan fingerprint density at radius 3 is 2.09 bits per heavy atom. The van der Waals surface area contributed by atoms with Crippen LogP contribution in [-0.4, -0.2) is 25.2 Å². The molecule has 0 unspecified atom stereocenters. The van der Waals surface area contributed by atoms with Gasteiger partial charge in [0.1, 0.15) is 0 Å². The van der Waals surface area contributed by atoms with Crippen molar-refractivity contribution in [3.63, 3.8) is 0 Å². The number of aryl methyl sites for hydroxylation is 1. The van der Waals surface area contributed by atoms with E-state index in [0.717, 1.165) is 10.9 Å². The van der Waals surface area contributed by atoms with Crippen molar-refractivity contribution in [2.75, 3.05) is 4.90 Å². The third-order valence-corrected chi connectivity index (χ3v) is 4.92. The van der Waals surface area contributed by atoms with E-state index < -0.39 is 23.5 Å². The Hall–Kier alpha value is -3.70. The van der Waals surface area contributed by atoms with E-state index >= 15 is 0 Å². The normalized spacial score (nSPS) is 12.3. The van der Waals surface area contributed by atoms with Crippen LogP contribution in [0.5, 0.6) is 0 Å². The molecule has 0 atom stereocenters. The topological polar surface area (TPSA) is 59.7 Å². The summed E-state index contributed by atoms with van der Waals surface area (Å²) < 4.78 is 81.0. The number of para-hydroxylation sites is 1. The fourth-order valence-corrected chi connectivity index (χ4v) is 3.44. The first-order chi connectivity index (χ1) is 15.5. The van der Waals surface area contributed by atoms with Crippen LogP contribution in [0.2, 0.25) is 0 Å². The number of aromatic nitrogens is 5. The molecule has 0 aliphatic heterocycles. The van der Waals surface area contributed by atoms with Crippen LogP contribution >= 0.6 is 0 Å². The lowest BCUT2D eigenvalue weighted by atomic mass is 10.0. The summed E-state index contributed by atoms with van der Waals surface area (Å²) in [5, 5.41) is 12.0. The molecule has 0 aliphatic carbocycles. The van der Waals surface area contributed by atoms with E-state index in [9.17, 15) is 26.3 Å². The summed E-state index contributed by atoms with van der Waals surface area (Å²) in [6.07, 6.45) is -8.28. The van der Waals surface area contributed by atoms with E-state index in [4.69, 9.17) is 0 Å². The summed E-state index contributed by atoms with van der Waals surface area (Å²) in [5.74, 6) is 0.175. The summed E-state index contributed by atoms with van der Waals surface area (Å²) >= 11 is 0. The lowest BCUT2D eigenvalue weighted by molar-refractivity contribution is -0.143. The molecule has 0 saturated heterocycles. The van der Waals surface area contributed by atoms with Gasteiger partial charge in [-0.25, -0.2) is 4.68 Å². The molecule has 0 aliphatic rings. The molecule has 33 heavy (non-hydrogen) atoms. The Morgan fingerprint density at radius 1 is 0.848 bits per heavy atom. The van der Waals surface area contributed by atoms with Gasteiger partial charge in [0, 0.05) is 31.7 Å². The molecule has 172 valence electrons. The number of halogens is 6. The first-order valence-corrected chi connectivity index (χ1v) is 9.60. The van der Waals surface area contributed by atoms with Crippen molar-refractivity contribution in [2.45, 2.75) is 25.4 Å². The smallest absolute Gasteiger partial charge is 0.331 e. The van der Waals surface area contributed by atoms with Gasteiger partial charge in [-0.1, -0.05) is 23.3 Å². The number of pyridine rings is 1. The summed E-state index contributed by atoms with van der Waals surface area (Å²) in [4.78, 5) is 5.84. The van der Waals surface area contributed by atoms with Crippen molar-refractivity contribution in [1.29, 1.82) is 0 Å². The van der Waals surface area contributed by atoms with Crippen LogP contribution in [0.25, 0.3) is 10.9 Å². The van der Waals surface area contributed by atoms with Gasteiger partial charge in [0.2, 0.25) is 5.95 Å². The van der Waals surface area contributed by atoms with Gasteiger partial charge in [-0.15, -0.1) is 0 Å². The molecule has 0 spiro atoms. The summed E-state index contributed by atoms with van der Waals surface area (Å²) in [7, 11) is 1.52. The second kappa shape index (κ2) is 8.34. The van der Waals surface area contributed by atoms with E-state index in [2.05, 4.69) is 20.5 Å². The molecule has 4 rings (SSSR count). The summed E-state index contributed by atoms with van der Waals surface area (Å²) in [6, 6.07) is 10.7. The van der Waals surface area contributed by atoms with Crippen molar-refractivity contribution >= 4 is 16.9 Å². The van der Waals surface area contributed by atoms with E-state index in [1.807, 2.05) is 30.3 Å². The fraction of sp³-hybridized carbons (Fsp3) is 0.238. The number of alkyl halides is 6. The standard InChI is InChI=1S/C21H16F6N6/c1-32-19(29-30-31-32)33(12-14-6-15-4-2-3-5-18(15)28-10-14)11-13-7-16(20(22,23)24)9-17(8-13)21(25,26)27/h2-10H,11-12H2,1H3. The van der Waals surface area contributed by atoms with Crippen LogP contribution in [0.4, 0.5) is 32.3 Å². The van der Waals surface area contributed by atoms with Crippen molar-refractivity contribution in [3.05, 3.63) is 77.0 Å². The maximum Gasteiger partial charge on any atom is 0.416 e. The zero-order valence-corrected chi connectivity index (χ0v) is 17.1. The van der Waals surface area contributed by atoms with Crippen molar-refractivity contribution < 1.29 is 26.3 Å². The van der Waals surface area contributed by atoms with Gasteiger partial charge in [0.05, 0.1) is 16.6 Å². The number of benzene rings is 2. The minimum atomic E-state index is -4.94. The van der Waals surface area contributed by atoms with Crippen LogP contribution in [0.3, 0.4) is 0 Å². The van der Waals surface area contributed by atoms with Gasteiger partial charge in [0.15, 0.2) is 0 Å². The number of rotatable bonds is 5. The van der Waals surface area contributed by atoms with Crippen molar-refractivity contribution in [1.82, 2.24) is 25.2 Å². The average molecular weight is 466 g/mol. The third kappa shape index (κ3) is 5.04. The van der Waals surface area contributed by atoms with Gasteiger partial charge < -0.3 is 4.90 Å². The lowest BCUT2D eigenvalue weighted by Crippen LogP contribution is -2.26. The van der Waals surface area contributed by atoms with Crippen LogP contribution in [0.15, 0.2) is 54.7 Å². The summed E-state index contributed by atoms with van der Waals surface area (Å²) in [6.45, 7) is -0.197. The molecule has 0 N–H and O–H groups in total. The number of hydrogen-bond donors (Lipinski definition) is 0. The number of tetrazole rings is 1. The van der Waals surface area contributed by atoms with Gasteiger partial charge >= 0.3 is 12.4 Å². The average Bonchev–Trinajstić information content (AvgIpc) is 3.17. The predicted molar refractivity (Wildman–Crippen MR) is 107 cm³/mol. The maximum atomic E-state index is 13.3. The van der Waals surface area contributed by atoms with Crippen molar-refractivity contribution in [2.24, 2.45) is 7.05 Å². The SMILES string of the molecule is Cn1nnnc1N(Cc1cc(C(F)(F)F)cc(C(F)(F)F)c1)Cc1cnc2ccccc2c1. The molecule has 0 saturated carbocycles. The minimum Gasteiger partial charge on any atom is -0.331 e. The summed E-state index contributed by atoms with van der Waals surface area (Å²) in [5.41, 5.74) is -1.51. The van der Waals surface area contributed by atoms with Gasteiger partial charge in [-0.05, 0) is 51.9 Å². The first kappa shape index (κ1) is 22.5. The number of fused-ring (bicyclic) bond motifs is 1. The Kier molecular flexibility index (Phi) is 5.68. The zero-order valence-electron chi connectivity index (χ0n) is 17.1. The molecule has 2 heterocycles. The molecule has 4 aromatic rings. The van der Waals surface area contributed by atoms with Gasteiger partial charge in [-0.3, -0.25) is 4.98 Å². The second-order valence-electron chi connectivity index (χ2n) is 7.41. The van der Waals surface area contributed by atoms with Crippen LogP contribution < -0.4 is 4.90 Å². The molecular formula is C21H16F6N6. The monoisotopic (exact) mass is 466 g/mol. The molecule has 2 aromatic carbocycles. The van der Waals surface area contributed by atoms with Crippen LogP contribution in [0, 0.1) is 0 Å². The van der Waals surface area contributed by atoms with E-state index in [0.29, 0.717) is 17.7 Å². The van der Waals surface area contributed by atoms with E-state index in [-0.39, 0.29) is 30.7 Å². The largest absolute Gasteiger partial charge is 0.416 e. The van der Waals surface area contributed by atoms with Gasteiger partial charge in [-0.2, -0.15) is 26.3 Å². The quantitative estimate of drug-likeness (QED) is 0.388. The molecule has 0 amide bonds. The highest BCUT2D eigenvalue weighted by atomic mass is 19.4. The Balaban J connectivity index is 1.73. The first-order valence-electron chi connectivity index (χ1n) is 9.60. The number of anilines is 1. The Labute approximate surface area is 183 Å². The minimum absolute atomic E-state index is 0.101. The highest BCUT2D eigenvalue weighted by molar-refractivity contribution is 5.78. The lowest BCUT2D eigenvalue weighted by Gasteiger charge is -2.24. The fourth-order valence-electron chi connectivity index (χ4n) is 3.44. The Bertz CT molecular complexity index is 1250. The number of hydrogen-bond acceptors (Lipinski definition) is 5. The number of nitrogens with zero attached hydrogens (tertiary/aromatic N) is 6. The predicted octanol–water partition coefficient (Wildman–Crippen LogP) is 5.00. The van der Waals surface area contributed by atoms with Crippen LogP contribution in [0.1, 0.15) is 22.3 Å².